The Bertz CT molecular complexity index is 887. The largest absolute Gasteiger partial charge is 0.323 e. The molecule has 3 atom stereocenters. The van der Waals surface area contributed by atoms with E-state index in [4.69, 9.17) is 0 Å². The number of carbonyl (C=O) groups excluding carboxylic acids is 1. The van der Waals surface area contributed by atoms with E-state index >= 15 is 0 Å². The van der Waals surface area contributed by atoms with Crippen LogP contribution in [0.5, 0.6) is 0 Å². The molecule has 5 heteroatoms. The zero-order valence-electron chi connectivity index (χ0n) is 17.0. The van der Waals surface area contributed by atoms with Crippen molar-refractivity contribution in [3.05, 3.63) is 59.7 Å². The SMILES string of the molecule is CN1CC[C@]23CCCC[C@H]2[C@H]1Cc1ccc(NC(=O)Nc2ccccc2)cc13.Cl. The fourth-order valence-corrected chi connectivity index (χ4v) is 6.09. The van der Waals surface area contributed by atoms with Gasteiger partial charge in [-0.15, -0.1) is 12.4 Å². The van der Waals surface area contributed by atoms with Gasteiger partial charge in [-0.2, -0.15) is 0 Å². The van der Waals surface area contributed by atoms with Crippen molar-refractivity contribution in [2.75, 3.05) is 24.2 Å². The molecule has 2 aliphatic carbocycles. The highest BCUT2D eigenvalue weighted by Gasteiger charge is 2.53. The maximum atomic E-state index is 12.5. The van der Waals surface area contributed by atoms with Crippen LogP contribution in [-0.2, 0) is 11.8 Å². The molecule has 29 heavy (non-hydrogen) atoms. The maximum Gasteiger partial charge on any atom is 0.323 e. The van der Waals surface area contributed by atoms with Crippen molar-refractivity contribution >= 4 is 29.8 Å². The summed E-state index contributed by atoms with van der Waals surface area (Å²) in [5.74, 6) is 0.765. The van der Waals surface area contributed by atoms with Crippen LogP contribution in [0.1, 0.15) is 43.2 Å². The molecule has 2 N–H and O–H groups in total. The van der Waals surface area contributed by atoms with Gasteiger partial charge in [0.1, 0.15) is 0 Å². The standard InChI is InChI=1S/C24H29N3O.ClH/c1-27-14-13-24-12-6-5-9-20(24)22(27)15-17-10-11-19(16-21(17)24)26-23(28)25-18-7-3-2-4-8-18;/h2-4,7-8,10-11,16,20,22H,5-6,9,12-15H2,1H3,(H2,25,26,28);1H/t20-,22+,24+;/m0./s1. The summed E-state index contributed by atoms with van der Waals surface area (Å²) in [4.78, 5) is 15.1. The van der Waals surface area contributed by atoms with Gasteiger partial charge in [0.25, 0.3) is 0 Å². The molecule has 1 aliphatic heterocycles. The molecule has 1 saturated heterocycles. The smallest absolute Gasteiger partial charge is 0.308 e. The lowest BCUT2D eigenvalue weighted by Gasteiger charge is -2.58. The molecule has 1 saturated carbocycles. The number of rotatable bonds is 2. The van der Waals surface area contributed by atoms with Crippen molar-refractivity contribution in [3.8, 4) is 0 Å². The van der Waals surface area contributed by atoms with Gasteiger partial charge in [0, 0.05) is 22.8 Å². The summed E-state index contributed by atoms with van der Waals surface area (Å²) in [7, 11) is 2.30. The molecule has 5 rings (SSSR count). The van der Waals surface area contributed by atoms with Crippen LogP contribution in [0.4, 0.5) is 16.2 Å². The topological polar surface area (TPSA) is 44.4 Å². The number of amides is 2. The first kappa shape index (κ1) is 20.2. The number of para-hydroxylation sites is 1. The molecule has 1 heterocycles. The van der Waals surface area contributed by atoms with Gasteiger partial charge in [-0.25, -0.2) is 4.79 Å². The highest BCUT2D eigenvalue weighted by Crippen LogP contribution is 2.55. The van der Waals surface area contributed by atoms with Crippen molar-refractivity contribution in [2.45, 2.75) is 50.0 Å². The molecule has 4 nitrogen and oxygen atoms in total. The summed E-state index contributed by atoms with van der Waals surface area (Å²) in [5, 5.41) is 5.97. The zero-order chi connectivity index (χ0) is 19.1. The fourth-order valence-electron chi connectivity index (χ4n) is 6.09. The van der Waals surface area contributed by atoms with E-state index in [-0.39, 0.29) is 18.4 Å². The fraction of sp³-hybridized carbons (Fsp3) is 0.458. The van der Waals surface area contributed by atoms with Crippen LogP contribution >= 0.6 is 12.4 Å². The van der Waals surface area contributed by atoms with E-state index < -0.39 is 0 Å². The number of benzene rings is 2. The number of anilines is 2. The minimum Gasteiger partial charge on any atom is -0.308 e. The van der Waals surface area contributed by atoms with Crippen LogP contribution in [0.25, 0.3) is 0 Å². The van der Waals surface area contributed by atoms with Gasteiger partial charge < -0.3 is 15.5 Å². The molecule has 0 unspecified atom stereocenters. The molecule has 2 aromatic rings. The van der Waals surface area contributed by atoms with Gasteiger partial charge >= 0.3 is 6.03 Å². The molecule has 2 bridgehead atoms. The van der Waals surface area contributed by atoms with E-state index in [2.05, 4.69) is 40.8 Å². The number of fused-ring (bicyclic) bond motifs is 1. The molecule has 0 spiro atoms. The predicted molar refractivity (Wildman–Crippen MR) is 121 cm³/mol. The minimum absolute atomic E-state index is 0. The van der Waals surface area contributed by atoms with E-state index in [0.29, 0.717) is 11.5 Å². The minimum atomic E-state index is -0.180. The summed E-state index contributed by atoms with van der Waals surface area (Å²) in [6.07, 6.45) is 7.74. The molecule has 2 aromatic carbocycles. The Kier molecular flexibility index (Phi) is 5.58. The number of halogens is 1. The summed E-state index contributed by atoms with van der Waals surface area (Å²) in [6.45, 7) is 1.19. The highest BCUT2D eigenvalue weighted by molar-refractivity contribution is 5.99. The Morgan fingerprint density at radius 1 is 1.03 bits per heavy atom. The Morgan fingerprint density at radius 3 is 2.66 bits per heavy atom. The number of hydrogen-bond donors (Lipinski definition) is 2. The number of urea groups is 1. The molecule has 0 aromatic heterocycles. The highest BCUT2D eigenvalue weighted by atomic mass is 35.5. The monoisotopic (exact) mass is 411 g/mol. The Hall–Kier alpha value is -2.04. The first-order valence-corrected chi connectivity index (χ1v) is 10.6. The van der Waals surface area contributed by atoms with Crippen molar-refractivity contribution in [3.63, 3.8) is 0 Å². The number of hydrogen-bond acceptors (Lipinski definition) is 2. The number of likely N-dealkylation sites (N-methyl/N-ethyl adjacent to an activating group) is 1. The average molecular weight is 412 g/mol. The number of likely N-dealkylation sites (tertiary alicyclic amines) is 1. The third-order valence-electron chi connectivity index (χ3n) is 7.40. The summed E-state index contributed by atoms with van der Waals surface area (Å²) in [5.41, 5.74) is 5.03. The lowest BCUT2D eigenvalue weighted by molar-refractivity contribution is 0.00290. The second-order valence-electron chi connectivity index (χ2n) is 8.83. The lowest BCUT2D eigenvalue weighted by Crippen LogP contribution is -2.59. The van der Waals surface area contributed by atoms with Crippen molar-refractivity contribution in [1.29, 1.82) is 0 Å². The van der Waals surface area contributed by atoms with Crippen LogP contribution < -0.4 is 10.6 Å². The predicted octanol–water partition coefficient (Wildman–Crippen LogP) is 5.44. The molecule has 2 fully saturated rings. The summed E-state index contributed by atoms with van der Waals surface area (Å²) >= 11 is 0. The van der Waals surface area contributed by atoms with E-state index in [0.717, 1.165) is 23.7 Å². The summed E-state index contributed by atoms with van der Waals surface area (Å²) < 4.78 is 0. The third kappa shape index (κ3) is 3.53. The van der Waals surface area contributed by atoms with Gasteiger partial charge in [0.15, 0.2) is 0 Å². The number of piperidine rings is 1. The Morgan fingerprint density at radius 2 is 1.83 bits per heavy atom. The van der Waals surface area contributed by atoms with Crippen LogP contribution in [0.15, 0.2) is 48.5 Å². The van der Waals surface area contributed by atoms with E-state index in [1.807, 2.05) is 30.3 Å². The van der Waals surface area contributed by atoms with Gasteiger partial charge in [0.2, 0.25) is 0 Å². The van der Waals surface area contributed by atoms with Gasteiger partial charge in [-0.3, -0.25) is 0 Å². The quantitative estimate of drug-likeness (QED) is 0.690. The maximum absolute atomic E-state index is 12.5. The van der Waals surface area contributed by atoms with Crippen LogP contribution in [0.3, 0.4) is 0 Å². The number of carbonyl (C=O) groups is 1. The molecular weight excluding hydrogens is 382 g/mol. The van der Waals surface area contributed by atoms with E-state index in [9.17, 15) is 4.79 Å². The van der Waals surface area contributed by atoms with Crippen LogP contribution in [0.2, 0.25) is 0 Å². The molecule has 154 valence electrons. The Balaban J connectivity index is 0.00000205. The van der Waals surface area contributed by atoms with Gasteiger partial charge in [-0.1, -0.05) is 37.1 Å². The zero-order valence-corrected chi connectivity index (χ0v) is 17.8. The molecule has 2 amide bonds. The number of nitrogens with one attached hydrogen (secondary N) is 2. The van der Waals surface area contributed by atoms with Gasteiger partial charge in [-0.05, 0) is 80.6 Å². The van der Waals surface area contributed by atoms with Crippen molar-refractivity contribution in [1.82, 2.24) is 4.90 Å². The van der Waals surface area contributed by atoms with Gasteiger partial charge in [0.05, 0.1) is 0 Å². The van der Waals surface area contributed by atoms with Crippen molar-refractivity contribution < 1.29 is 4.79 Å². The number of nitrogens with zero attached hydrogens (tertiary/aromatic N) is 1. The molecular formula is C24H30ClN3O. The second-order valence-corrected chi connectivity index (χ2v) is 8.83. The average Bonchev–Trinajstić information content (AvgIpc) is 2.72. The Labute approximate surface area is 179 Å². The second kappa shape index (κ2) is 8.00. The van der Waals surface area contributed by atoms with E-state index in [1.54, 1.807) is 0 Å². The van der Waals surface area contributed by atoms with Crippen LogP contribution in [-0.4, -0.2) is 30.6 Å². The molecule has 3 aliphatic rings. The van der Waals surface area contributed by atoms with Crippen LogP contribution in [0, 0.1) is 5.92 Å². The first-order chi connectivity index (χ1) is 13.7. The van der Waals surface area contributed by atoms with E-state index in [1.165, 1.54) is 49.8 Å². The van der Waals surface area contributed by atoms with Crippen molar-refractivity contribution in [2.24, 2.45) is 5.92 Å². The lowest BCUT2D eigenvalue weighted by atomic mass is 9.52. The third-order valence-corrected chi connectivity index (χ3v) is 7.40. The summed E-state index contributed by atoms with van der Waals surface area (Å²) in [6, 6.07) is 16.7. The normalized spacial score (nSPS) is 27.8. The molecule has 0 radical (unpaired) electrons. The first-order valence-electron chi connectivity index (χ1n) is 10.6.